The predicted molar refractivity (Wildman–Crippen MR) is 40.2 cm³/mol. The fourth-order valence-corrected chi connectivity index (χ4v) is 1.05. The molecule has 0 aromatic carbocycles. The summed E-state index contributed by atoms with van der Waals surface area (Å²) < 4.78 is 61.5. The molecule has 0 amide bonds. The predicted octanol–water partition coefficient (Wildman–Crippen LogP) is 2.07. The van der Waals surface area contributed by atoms with E-state index in [-0.39, 0.29) is 0 Å². The Hall–Kier alpha value is -1.67. The van der Waals surface area contributed by atoms with E-state index >= 15 is 0 Å². The van der Waals surface area contributed by atoms with Crippen LogP contribution in [0.1, 0.15) is 21.7 Å². The SMILES string of the molecule is Cc1c(C(=O)O)n[nH]c1C(F)(F)C(F)(F)F. The molecular formula is C7H5F5N2O2. The van der Waals surface area contributed by atoms with E-state index in [1.807, 2.05) is 0 Å². The first-order valence-electron chi connectivity index (χ1n) is 3.82. The minimum Gasteiger partial charge on any atom is -0.476 e. The van der Waals surface area contributed by atoms with Gasteiger partial charge < -0.3 is 5.11 Å². The van der Waals surface area contributed by atoms with Crippen LogP contribution in [-0.4, -0.2) is 27.4 Å². The molecule has 0 atom stereocenters. The Morgan fingerprint density at radius 2 is 1.81 bits per heavy atom. The van der Waals surface area contributed by atoms with Gasteiger partial charge in [-0.15, -0.1) is 0 Å². The van der Waals surface area contributed by atoms with Crippen LogP contribution in [0.15, 0.2) is 0 Å². The molecular weight excluding hydrogens is 239 g/mol. The minimum atomic E-state index is -5.81. The van der Waals surface area contributed by atoms with Crippen molar-refractivity contribution in [1.29, 1.82) is 0 Å². The number of rotatable bonds is 2. The van der Waals surface area contributed by atoms with Gasteiger partial charge >= 0.3 is 18.1 Å². The fraction of sp³-hybridized carbons (Fsp3) is 0.429. The molecule has 0 aliphatic carbocycles. The number of carbonyl (C=O) groups is 1. The van der Waals surface area contributed by atoms with Gasteiger partial charge in [-0.1, -0.05) is 0 Å². The number of H-pyrrole nitrogens is 1. The van der Waals surface area contributed by atoms with Crippen molar-refractivity contribution < 1.29 is 31.9 Å². The molecule has 0 saturated heterocycles. The number of aromatic carboxylic acids is 1. The van der Waals surface area contributed by atoms with Crippen LogP contribution in [0, 0.1) is 6.92 Å². The zero-order valence-electron chi connectivity index (χ0n) is 7.69. The summed E-state index contributed by atoms with van der Waals surface area (Å²) in [6, 6.07) is 0. The molecule has 0 aliphatic rings. The van der Waals surface area contributed by atoms with Gasteiger partial charge in [0.25, 0.3) is 0 Å². The average Bonchev–Trinajstić information content (AvgIpc) is 2.44. The average molecular weight is 244 g/mol. The van der Waals surface area contributed by atoms with Gasteiger partial charge in [0.2, 0.25) is 0 Å². The van der Waals surface area contributed by atoms with E-state index in [2.05, 4.69) is 5.10 Å². The second-order valence-corrected chi connectivity index (χ2v) is 2.95. The summed E-state index contributed by atoms with van der Waals surface area (Å²) in [7, 11) is 0. The molecule has 1 aromatic heterocycles. The van der Waals surface area contributed by atoms with Crippen LogP contribution in [0.5, 0.6) is 0 Å². The molecule has 2 N–H and O–H groups in total. The van der Waals surface area contributed by atoms with Crippen molar-refractivity contribution in [2.45, 2.75) is 19.0 Å². The molecule has 0 radical (unpaired) electrons. The number of carboxylic acids is 1. The lowest BCUT2D eigenvalue weighted by atomic mass is 10.1. The molecule has 9 heteroatoms. The Morgan fingerprint density at radius 3 is 2.12 bits per heavy atom. The van der Waals surface area contributed by atoms with Crippen LogP contribution in [-0.2, 0) is 5.92 Å². The third-order valence-electron chi connectivity index (χ3n) is 1.88. The molecule has 90 valence electrons. The summed E-state index contributed by atoms with van der Waals surface area (Å²) in [5.74, 6) is -6.84. The molecule has 1 rings (SSSR count). The third kappa shape index (κ3) is 1.72. The highest BCUT2D eigenvalue weighted by Crippen LogP contribution is 2.44. The number of alkyl halides is 5. The van der Waals surface area contributed by atoms with Crippen molar-refractivity contribution in [3.05, 3.63) is 17.0 Å². The number of nitrogens with one attached hydrogen (secondary N) is 1. The normalized spacial score (nSPS) is 12.9. The van der Waals surface area contributed by atoms with Gasteiger partial charge in [-0.05, 0) is 6.92 Å². The zero-order valence-corrected chi connectivity index (χ0v) is 7.69. The van der Waals surface area contributed by atoms with Crippen molar-refractivity contribution in [1.82, 2.24) is 10.2 Å². The van der Waals surface area contributed by atoms with Gasteiger partial charge in [-0.25, -0.2) is 4.79 Å². The first-order chi connectivity index (χ1) is 7.09. The van der Waals surface area contributed by atoms with Gasteiger partial charge in [0.05, 0.1) is 0 Å². The highest BCUT2D eigenvalue weighted by atomic mass is 19.4. The standard InChI is InChI=1S/C7H5F5N2O2/c1-2-3(5(15)16)13-14-4(2)6(8,9)7(10,11)12/h1H3,(H,13,14)(H,15,16). The van der Waals surface area contributed by atoms with Crippen LogP contribution < -0.4 is 0 Å². The van der Waals surface area contributed by atoms with E-state index in [0.717, 1.165) is 6.92 Å². The topological polar surface area (TPSA) is 66.0 Å². The molecule has 4 nitrogen and oxygen atoms in total. The molecule has 0 saturated carbocycles. The summed E-state index contributed by atoms with van der Waals surface area (Å²) in [5.41, 5.74) is -3.16. The van der Waals surface area contributed by atoms with Gasteiger partial charge in [0.1, 0.15) is 5.69 Å². The summed E-state index contributed by atoms with van der Waals surface area (Å²) in [6.07, 6.45) is -5.81. The minimum absolute atomic E-state index is 0.741. The lowest BCUT2D eigenvalue weighted by Crippen LogP contribution is -2.34. The Balaban J connectivity index is 3.31. The van der Waals surface area contributed by atoms with Crippen molar-refractivity contribution in [2.75, 3.05) is 0 Å². The molecule has 0 unspecified atom stereocenters. The largest absolute Gasteiger partial charge is 0.476 e. The third-order valence-corrected chi connectivity index (χ3v) is 1.88. The fourth-order valence-electron chi connectivity index (χ4n) is 1.05. The van der Waals surface area contributed by atoms with Gasteiger partial charge in [0, 0.05) is 5.56 Å². The van der Waals surface area contributed by atoms with Crippen LogP contribution in [0.25, 0.3) is 0 Å². The van der Waals surface area contributed by atoms with Gasteiger partial charge in [-0.3, -0.25) is 5.10 Å². The number of hydrogen-bond donors (Lipinski definition) is 2. The maximum absolute atomic E-state index is 12.8. The van der Waals surface area contributed by atoms with Gasteiger partial charge in [-0.2, -0.15) is 27.1 Å². The lowest BCUT2D eigenvalue weighted by molar-refractivity contribution is -0.291. The number of aromatic amines is 1. The van der Waals surface area contributed by atoms with Crippen molar-refractivity contribution in [2.24, 2.45) is 0 Å². The summed E-state index contributed by atoms with van der Waals surface area (Å²) in [6.45, 7) is 0.821. The first kappa shape index (κ1) is 12.4. The van der Waals surface area contributed by atoms with Crippen LogP contribution >= 0.6 is 0 Å². The van der Waals surface area contributed by atoms with E-state index in [9.17, 15) is 26.7 Å². The second kappa shape index (κ2) is 3.42. The van der Waals surface area contributed by atoms with E-state index in [1.54, 1.807) is 0 Å². The number of halogens is 5. The maximum atomic E-state index is 12.8. The summed E-state index contributed by atoms with van der Waals surface area (Å²) in [5, 5.41) is 12.7. The van der Waals surface area contributed by atoms with E-state index in [1.165, 1.54) is 5.10 Å². The molecule has 0 fully saturated rings. The van der Waals surface area contributed by atoms with Crippen molar-refractivity contribution in [3.63, 3.8) is 0 Å². The molecule has 0 spiro atoms. The quantitative estimate of drug-likeness (QED) is 0.782. The van der Waals surface area contributed by atoms with Crippen LogP contribution in [0.3, 0.4) is 0 Å². The zero-order chi connectivity index (χ0) is 12.7. The Kier molecular flexibility index (Phi) is 2.65. The Morgan fingerprint density at radius 1 is 1.31 bits per heavy atom. The molecule has 1 aromatic rings. The monoisotopic (exact) mass is 244 g/mol. The van der Waals surface area contributed by atoms with E-state index in [4.69, 9.17) is 5.11 Å². The molecule has 0 bridgehead atoms. The first-order valence-corrected chi connectivity index (χ1v) is 3.82. The van der Waals surface area contributed by atoms with Crippen LogP contribution in [0.2, 0.25) is 0 Å². The van der Waals surface area contributed by atoms with Crippen LogP contribution in [0.4, 0.5) is 22.0 Å². The number of aromatic nitrogens is 2. The smallest absolute Gasteiger partial charge is 0.459 e. The number of hydrogen-bond acceptors (Lipinski definition) is 2. The van der Waals surface area contributed by atoms with Gasteiger partial charge in [0.15, 0.2) is 5.69 Å². The van der Waals surface area contributed by atoms with Crippen molar-refractivity contribution in [3.8, 4) is 0 Å². The van der Waals surface area contributed by atoms with E-state index in [0.29, 0.717) is 0 Å². The second-order valence-electron chi connectivity index (χ2n) is 2.95. The molecule has 0 aliphatic heterocycles. The van der Waals surface area contributed by atoms with E-state index < -0.39 is 35.0 Å². The highest BCUT2D eigenvalue weighted by Gasteiger charge is 2.60. The molecule has 1 heterocycles. The lowest BCUT2D eigenvalue weighted by Gasteiger charge is -2.18. The molecule has 16 heavy (non-hydrogen) atoms. The maximum Gasteiger partial charge on any atom is 0.459 e. The Labute approximate surface area is 85.1 Å². The number of nitrogens with zero attached hydrogens (tertiary/aromatic N) is 1. The van der Waals surface area contributed by atoms with Crippen molar-refractivity contribution >= 4 is 5.97 Å². The summed E-state index contributed by atoms with van der Waals surface area (Å²) >= 11 is 0. The Bertz CT molecular complexity index is 423. The highest BCUT2D eigenvalue weighted by molar-refractivity contribution is 5.87. The number of carboxylic acid groups (broad SMARTS) is 1. The summed E-state index contributed by atoms with van der Waals surface area (Å²) in [4.78, 5) is 10.4.